The van der Waals surface area contributed by atoms with Crippen molar-refractivity contribution in [3.8, 4) is 0 Å². The number of hydrogen-bond acceptors (Lipinski definition) is 2. The number of nitrogens with zero attached hydrogens (tertiary/aromatic N) is 1. The summed E-state index contributed by atoms with van der Waals surface area (Å²) in [4.78, 5) is 14.1. The van der Waals surface area contributed by atoms with Crippen LogP contribution in [0.4, 0.5) is 0 Å². The second-order valence-electron chi connectivity index (χ2n) is 5.91. The molecule has 1 aliphatic carbocycles. The molecule has 0 heterocycles. The van der Waals surface area contributed by atoms with E-state index in [-0.39, 0.29) is 18.4 Å². The Balaban J connectivity index is 2.60. The molecular formula is C14H27NO2. The molecule has 3 heteroatoms. The predicted molar refractivity (Wildman–Crippen MR) is 69.7 cm³/mol. The Bertz CT molecular complexity index is 243. The first-order valence-corrected chi connectivity index (χ1v) is 6.87. The second kappa shape index (κ2) is 6.39. The van der Waals surface area contributed by atoms with Crippen LogP contribution in [0.3, 0.4) is 0 Å². The van der Waals surface area contributed by atoms with E-state index in [2.05, 4.69) is 0 Å². The Morgan fingerprint density at radius 2 is 1.65 bits per heavy atom. The van der Waals surface area contributed by atoms with E-state index >= 15 is 0 Å². The summed E-state index contributed by atoms with van der Waals surface area (Å²) < 4.78 is 0. The van der Waals surface area contributed by atoms with Crippen molar-refractivity contribution in [2.45, 2.75) is 64.3 Å². The molecule has 100 valence electrons. The first-order valence-electron chi connectivity index (χ1n) is 6.87. The zero-order chi connectivity index (χ0) is 12.9. The average molecular weight is 241 g/mol. The van der Waals surface area contributed by atoms with Gasteiger partial charge in [-0.2, -0.15) is 0 Å². The van der Waals surface area contributed by atoms with Gasteiger partial charge in [0.1, 0.15) is 0 Å². The normalized spacial score (nSPS) is 19.5. The molecule has 0 saturated heterocycles. The number of aliphatic hydroxyl groups excluding tert-OH is 1. The minimum absolute atomic E-state index is 0.0158. The molecule has 17 heavy (non-hydrogen) atoms. The molecule has 1 amide bonds. The molecule has 1 N–H and O–H groups in total. The third-order valence-electron chi connectivity index (χ3n) is 4.08. The lowest BCUT2D eigenvalue weighted by atomic mass is 9.89. The van der Waals surface area contributed by atoms with Gasteiger partial charge in [-0.3, -0.25) is 4.79 Å². The number of likely N-dealkylation sites (N-methyl/N-ethyl adjacent to an activating group) is 1. The number of hydrogen-bond donors (Lipinski definition) is 1. The summed E-state index contributed by atoms with van der Waals surface area (Å²) >= 11 is 0. The van der Waals surface area contributed by atoms with Crippen LogP contribution < -0.4 is 0 Å². The van der Waals surface area contributed by atoms with Gasteiger partial charge in [-0.1, -0.05) is 32.1 Å². The molecule has 0 aromatic carbocycles. The van der Waals surface area contributed by atoms with Crippen LogP contribution in [0.25, 0.3) is 0 Å². The van der Waals surface area contributed by atoms with Gasteiger partial charge < -0.3 is 10.0 Å². The van der Waals surface area contributed by atoms with Crippen LogP contribution in [0, 0.1) is 5.92 Å². The highest BCUT2D eigenvalue weighted by atomic mass is 16.3. The van der Waals surface area contributed by atoms with Crippen LogP contribution >= 0.6 is 0 Å². The van der Waals surface area contributed by atoms with Crippen molar-refractivity contribution in [3.63, 3.8) is 0 Å². The van der Waals surface area contributed by atoms with Crippen molar-refractivity contribution in [3.05, 3.63) is 0 Å². The molecule has 0 aromatic heterocycles. The van der Waals surface area contributed by atoms with E-state index in [0.717, 1.165) is 12.8 Å². The lowest BCUT2D eigenvalue weighted by molar-refractivity contribution is -0.141. The zero-order valence-electron chi connectivity index (χ0n) is 11.5. The highest BCUT2D eigenvalue weighted by Gasteiger charge is 2.31. The fraction of sp³-hybridized carbons (Fsp3) is 0.929. The van der Waals surface area contributed by atoms with Gasteiger partial charge in [-0.05, 0) is 26.7 Å². The van der Waals surface area contributed by atoms with E-state index in [9.17, 15) is 9.90 Å². The van der Waals surface area contributed by atoms with Gasteiger partial charge in [0.25, 0.3) is 0 Å². The van der Waals surface area contributed by atoms with Gasteiger partial charge in [-0.15, -0.1) is 0 Å². The molecule has 1 saturated carbocycles. The van der Waals surface area contributed by atoms with Crippen LogP contribution in [-0.2, 0) is 4.79 Å². The van der Waals surface area contributed by atoms with Crippen LogP contribution in [0.15, 0.2) is 0 Å². The van der Waals surface area contributed by atoms with Crippen molar-refractivity contribution in [1.82, 2.24) is 4.90 Å². The van der Waals surface area contributed by atoms with Crippen molar-refractivity contribution in [2.75, 3.05) is 13.7 Å². The topological polar surface area (TPSA) is 40.5 Å². The maximum atomic E-state index is 12.4. The average Bonchev–Trinajstić information content (AvgIpc) is 2.27. The van der Waals surface area contributed by atoms with Gasteiger partial charge in [0.05, 0.1) is 12.1 Å². The Labute approximate surface area is 105 Å². The molecule has 0 unspecified atom stereocenters. The van der Waals surface area contributed by atoms with Crippen LogP contribution in [-0.4, -0.2) is 35.1 Å². The van der Waals surface area contributed by atoms with E-state index in [4.69, 9.17) is 0 Å². The first kappa shape index (κ1) is 14.5. The zero-order valence-corrected chi connectivity index (χ0v) is 11.5. The lowest BCUT2D eigenvalue weighted by Crippen LogP contribution is -2.49. The maximum absolute atomic E-state index is 12.4. The number of carbonyl (C=O) groups excluding carboxylic acids is 1. The van der Waals surface area contributed by atoms with E-state index in [1.165, 1.54) is 32.1 Å². The summed E-state index contributed by atoms with van der Waals surface area (Å²) in [6.07, 6.45) is 8.22. The van der Waals surface area contributed by atoms with Crippen molar-refractivity contribution >= 4 is 5.91 Å². The van der Waals surface area contributed by atoms with Gasteiger partial charge in [-0.25, -0.2) is 0 Å². The van der Waals surface area contributed by atoms with E-state index in [0.29, 0.717) is 0 Å². The van der Waals surface area contributed by atoms with Crippen molar-refractivity contribution in [1.29, 1.82) is 0 Å². The third-order valence-corrected chi connectivity index (χ3v) is 4.08. The van der Waals surface area contributed by atoms with Gasteiger partial charge in [0, 0.05) is 13.0 Å². The largest absolute Gasteiger partial charge is 0.394 e. The Morgan fingerprint density at radius 1 is 1.18 bits per heavy atom. The summed E-state index contributed by atoms with van der Waals surface area (Å²) in [6.45, 7) is 3.84. The van der Waals surface area contributed by atoms with E-state index in [1.807, 2.05) is 20.9 Å². The minimum atomic E-state index is -0.445. The van der Waals surface area contributed by atoms with Crippen LogP contribution in [0.5, 0.6) is 0 Å². The summed E-state index contributed by atoms with van der Waals surface area (Å²) in [5.74, 6) is 0.386. The minimum Gasteiger partial charge on any atom is -0.394 e. The SMILES string of the molecule is CN(C(=O)C1CCCCCCC1)C(C)(C)CO. The summed E-state index contributed by atoms with van der Waals surface area (Å²) in [6, 6.07) is 0. The molecular weight excluding hydrogens is 214 g/mol. The third kappa shape index (κ3) is 3.98. The fourth-order valence-corrected chi connectivity index (χ4v) is 2.38. The summed E-state index contributed by atoms with van der Waals surface area (Å²) in [7, 11) is 1.82. The molecule has 0 aliphatic heterocycles. The predicted octanol–water partition coefficient (Wildman–Crippen LogP) is 2.58. The Kier molecular flexibility index (Phi) is 5.44. The van der Waals surface area contributed by atoms with Crippen molar-refractivity contribution in [2.24, 2.45) is 5.92 Å². The maximum Gasteiger partial charge on any atom is 0.225 e. The smallest absolute Gasteiger partial charge is 0.225 e. The molecule has 1 rings (SSSR count). The number of rotatable bonds is 3. The summed E-state index contributed by atoms with van der Waals surface area (Å²) in [5, 5.41) is 9.32. The quantitative estimate of drug-likeness (QED) is 0.825. The molecule has 0 radical (unpaired) electrons. The molecule has 0 aromatic rings. The van der Waals surface area contributed by atoms with Gasteiger partial charge >= 0.3 is 0 Å². The Morgan fingerprint density at radius 3 is 2.12 bits per heavy atom. The van der Waals surface area contributed by atoms with E-state index < -0.39 is 5.54 Å². The molecule has 1 fully saturated rings. The van der Waals surface area contributed by atoms with E-state index in [1.54, 1.807) is 4.90 Å². The van der Waals surface area contributed by atoms with Crippen LogP contribution in [0.2, 0.25) is 0 Å². The lowest BCUT2D eigenvalue weighted by Gasteiger charge is -2.36. The molecule has 0 spiro atoms. The number of carbonyl (C=O) groups is 1. The second-order valence-corrected chi connectivity index (χ2v) is 5.91. The first-order chi connectivity index (χ1) is 7.99. The monoisotopic (exact) mass is 241 g/mol. The molecule has 1 aliphatic rings. The van der Waals surface area contributed by atoms with Crippen molar-refractivity contribution < 1.29 is 9.90 Å². The summed E-state index contributed by atoms with van der Waals surface area (Å²) in [5.41, 5.74) is -0.445. The highest BCUT2D eigenvalue weighted by molar-refractivity contribution is 5.79. The molecule has 0 atom stereocenters. The standard InChI is InChI=1S/C14H27NO2/c1-14(2,11-16)15(3)13(17)12-9-7-5-4-6-8-10-12/h12,16H,4-11H2,1-3H3. The Hall–Kier alpha value is -0.570. The van der Waals surface area contributed by atoms with Crippen LogP contribution in [0.1, 0.15) is 58.8 Å². The number of amides is 1. The van der Waals surface area contributed by atoms with Gasteiger partial charge in [0.2, 0.25) is 5.91 Å². The highest BCUT2D eigenvalue weighted by Crippen LogP contribution is 2.25. The van der Waals surface area contributed by atoms with Gasteiger partial charge in [0.15, 0.2) is 0 Å². The number of aliphatic hydroxyl groups is 1. The molecule has 0 bridgehead atoms. The fourth-order valence-electron chi connectivity index (χ4n) is 2.38. The molecule has 3 nitrogen and oxygen atoms in total.